The summed E-state index contributed by atoms with van der Waals surface area (Å²) in [5.74, 6) is 1.85. The number of rotatable bonds is 5. The van der Waals surface area contributed by atoms with Crippen LogP contribution in [0.5, 0.6) is 0 Å². The lowest BCUT2D eigenvalue weighted by atomic mass is 9.86. The molecule has 270 valence electrons. The Morgan fingerprint density at radius 3 is 2.11 bits per heavy atom. The lowest BCUT2D eigenvalue weighted by Crippen LogP contribution is -2.36. The molecular formula is C52H42N4. The van der Waals surface area contributed by atoms with E-state index in [2.05, 4.69) is 203 Å². The highest BCUT2D eigenvalue weighted by Gasteiger charge is 2.29. The first-order valence-electron chi connectivity index (χ1n) is 20.0. The normalized spacial score (nSPS) is 21.5. The van der Waals surface area contributed by atoms with Crippen LogP contribution in [0.3, 0.4) is 0 Å². The number of aromatic nitrogens is 2. The van der Waals surface area contributed by atoms with Gasteiger partial charge in [-0.15, -0.1) is 0 Å². The molecule has 1 N–H and O–H groups in total. The van der Waals surface area contributed by atoms with Gasteiger partial charge in [0.2, 0.25) is 5.96 Å². The molecule has 7 aromatic rings. The van der Waals surface area contributed by atoms with Gasteiger partial charge in [0.25, 0.3) is 0 Å². The Morgan fingerprint density at radius 2 is 1.32 bits per heavy atom. The monoisotopic (exact) mass is 722 g/mol. The number of nitrogens with zero attached hydrogens (tertiary/aromatic N) is 3. The van der Waals surface area contributed by atoms with E-state index in [1.165, 1.54) is 66.4 Å². The summed E-state index contributed by atoms with van der Waals surface area (Å²) < 4.78 is 4.82. The first kappa shape index (κ1) is 32.8. The summed E-state index contributed by atoms with van der Waals surface area (Å²) >= 11 is 0. The second-order valence-corrected chi connectivity index (χ2v) is 15.5. The number of hydrogen-bond acceptors (Lipinski definition) is 2. The van der Waals surface area contributed by atoms with Gasteiger partial charge in [0.05, 0.1) is 28.3 Å². The molecule has 4 atom stereocenters. The molecule has 0 amide bonds. The van der Waals surface area contributed by atoms with Crippen LogP contribution in [0.25, 0.3) is 50.2 Å². The van der Waals surface area contributed by atoms with Crippen molar-refractivity contribution in [2.24, 2.45) is 10.9 Å². The van der Waals surface area contributed by atoms with Gasteiger partial charge in [-0.25, -0.2) is 4.99 Å². The highest BCUT2D eigenvalue weighted by molar-refractivity contribution is 6.11. The van der Waals surface area contributed by atoms with Gasteiger partial charge in [0.15, 0.2) is 0 Å². The average Bonchev–Trinajstić information content (AvgIpc) is 3.79. The molecule has 0 bridgehead atoms. The zero-order valence-corrected chi connectivity index (χ0v) is 31.2. The second kappa shape index (κ2) is 13.6. The van der Waals surface area contributed by atoms with Gasteiger partial charge >= 0.3 is 0 Å². The minimum absolute atomic E-state index is 0.0267. The molecule has 4 nitrogen and oxygen atoms in total. The molecule has 2 aromatic heterocycles. The molecule has 0 radical (unpaired) electrons. The maximum atomic E-state index is 5.44. The first-order chi connectivity index (χ1) is 27.8. The van der Waals surface area contributed by atoms with Gasteiger partial charge in [0.1, 0.15) is 0 Å². The minimum Gasteiger partial charge on any atom is -0.325 e. The van der Waals surface area contributed by atoms with Crippen molar-refractivity contribution in [1.82, 2.24) is 14.5 Å². The molecule has 3 aliphatic carbocycles. The van der Waals surface area contributed by atoms with Crippen molar-refractivity contribution in [3.05, 3.63) is 210 Å². The summed E-state index contributed by atoms with van der Waals surface area (Å²) in [5, 5.41) is 7.68. The van der Waals surface area contributed by atoms with E-state index in [0.29, 0.717) is 11.8 Å². The third-order valence-electron chi connectivity index (χ3n) is 12.2. The van der Waals surface area contributed by atoms with Crippen molar-refractivity contribution in [2.75, 3.05) is 0 Å². The summed E-state index contributed by atoms with van der Waals surface area (Å²) in [6, 6.07) is 46.4. The summed E-state index contributed by atoms with van der Waals surface area (Å²) in [7, 11) is 0. The quantitative estimate of drug-likeness (QED) is 0.189. The maximum Gasteiger partial charge on any atom is 0.208 e. The van der Waals surface area contributed by atoms with Crippen LogP contribution in [0.15, 0.2) is 187 Å². The fourth-order valence-electron chi connectivity index (χ4n) is 9.41. The summed E-state index contributed by atoms with van der Waals surface area (Å²) in [6.07, 6.45) is 25.9. The number of benzene rings is 5. The van der Waals surface area contributed by atoms with Crippen LogP contribution in [0.2, 0.25) is 0 Å². The van der Waals surface area contributed by atoms with Crippen molar-refractivity contribution in [3.63, 3.8) is 0 Å². The van der Waals surface area contributed by atoms with Gasteiger partial charge in [-0.3, -0.25) is 4.57 Å². The Morgan fingerprint density at radius 1 is 0.589 bits per heavy atom. The van der Waals surface area contributed by atoms with Crippen molar-refractivity contribution in [3.8, 4) is 0 Å². The Hall–Kier alpha value is -6.65. The Balaban J connectivity index is 0.962. The van der Waals surface area contributed by atoms with E-state index in [0.717, 1.165) is 30.9 Å². The van der Waals surface area contributed by atoms with E-state index >= 15 is 0 Å². The molecule has 4 unspecified atom stereocenters. The highest BCUT2D eigenvalue weighted by Crippen LogP contribution is 2.41. The molecule has 1 aliphatic heterocycles. The average molecular weight is 723 g/mol. The minimum atomic E-state index is 0.0267. The Bertz CT molecular complexity index is 2870. The molecule has 3 heterocycles. The van der Waals surface area contributed by atoms with E-state index in [4.69, 9.17) is 4.99 Å². The number of hydrogen-bond donors (Lipinski definition) is 1. The lowest BCUT2D eigenvalue weighted by molar-refractivity contribution is 0.573. The van der Waals surface area contributed by atoms with E-state index in [1.54, 1.807) is 0 Å². The van der Waals surface area contributed by atoms with E-state index in [-0.39, 0.29) is 12.0 Å². The summed E-state index contributed by atoms with van der Waals surface area (Å²) in [6.45, 7) is 0. The fraction of sp³-hybridized carbons (Fsp3) is 0.135. The Kier molecular flexibility index (Phi) is 7.94. The highest BCUT2D eigenvalue weighted by atomic mass is 15.2. The topological polar surface area (TPSA) is 34.2 Å². The summed E-state index contributed by atoms with van der Waals surface area (Å²) in [4.78, 5) is 5.44. The van der Waals surface area contributed by atoms with Crippen LogP contribution in [0, 0.1) is 5.92 Å². The Labute approximate surface area is 327 Å². The number of aliphatic imine (C=N–C) groups is 1. The standard InChI is InChI=1S/C52H42N4/c1-4-14-35(15-5-1)36-24-28-41(29-25-36)55-48-22-12-10-20-42(48)44-32-39(26-30-50(44)55)40-27-31-51-45(33-40)43-21-11-13-23-49(43)56(51)52-53-46(37-16-6-2-7-17-37)34-47(54-52)38-18-8-3-9-19-38/h1-18,20-24,26-32,34,36,38,40,47H,19,25,33H2,(H,53,54). The molecule has 0 saturated carbocycles. The van der Waals surface area contributed by atoms with Crippen molar-refractivity contribution < 1.29 is 0 Å². The van der Waals surface area contributed by atoms with Gasteiger partial charge < -0.3 is 9.88 Å². The molecule has 4 heteroatoms. The number of para-hydroxylation sites is 2. The van der Waals surface area contributed by atoms with E-state index in [9.17, 15) is 0 Å². The third kappa shape index (κ3) is 5.55. The number of nitrogens with one attached hydrogen (secondary N) is 1. The predicted molar refractivity (Wildman–Crippen MR) is 235 cm³/mol. The molecule has 0 fully saturated rings. The molecule has 56 heavy (non-hydrogen) atoms. The van der Waals surface area contributed by atoms with Crippen LogP contribution >= 0.6 is 0 Å². The van der Waals surface area contributed by atoms with Crippen LogP contribution in [0.1, 0.15) is 52.6 Å². The van der Waals surface area contributed by atoms with E-state index < -0.39 is 0 Å². The van der Waals surface area contributed by atoms with Crippen molar-refractivity contribution >= 4 is 56.1 Å². The van der Waals surface area contributed by atoms with Crippen molar-refractivity contribution in [2.45, 2.75) is 37.1 Å². The third-order valence-corrected chi connectivity index (χ3v) is 12.2. The van der Waals surface area contributed by atoms with Crippen LogP contribution in [-0.2, 0) is 6.42 Å². The van der Waals surface area contributed by atoms with E-state index in [1.807, 2.05) is 0 Å². The van der Waals surface area contributed by atoms with Gasteiger partial charge in [0, 0.05) is 45.3 Å². The van der Waals surface area contributed by atoms with Gasteiger partial charge in [-0.1, -0.05) is 146 Å². The molecular weight excluding hydrogens is 681 g/mol. The van der Waals surface area contributed by atoms with Crippen LogP contribution in [-0.4, -0.2) is 21.1 Å². The fourth-order valence-corrected chi connectivity index (χ4v) is 9.41. The number of allylic oxidation sites excluding steroid dienone is 8. The van der Waals surface area contributed by atoms with Gasteiger partial charge in [-0.2, -0.15) is 0 Å². The first-order valence-corrected chi connectivity index (χ1v) is 20.0. The zero-order valence-electron chi connectivity index (χ0n) is 31.2. The van der Waals surface area contributed by atoms with Crippen LogP contribution < -0.4 is 5.32 Å². The molecule has 5 aromatic carbocycles. The SMILES string of the molecule is C1=CCC(C2C=C(c3ccccc3)NC(n3c4c(c5ccccc53)CC(c3ccc5c(c3)c3ccccc3n5C3=CCC(c5ccccc5)C=C3)C=C4)=N2)C=C1. The number of fused-ring (bicyclic) bond motifs is 6. The molecule has 4 aliphatic rings. The molecule has 11 rings (SSSR count). The maximum absolute atomic E-state index is 5.44. The van der Waals surface area contributed by atoms with Crippen molar-refractivity contribution in [1.29, 1.82) is 0 Å². The van der Waals surface area contributed by atoms with Crippen LogP contribution in [0.4, 0.5) is 0 Å². The summed E-state index contributed by atoms with van der Waals surface area (Å²) in [5.41, 5.74) is 12.5. The largest absolute Gasteiger partial charge is 0.325 e. The molecule has 0 spiro atoms. The second-order valence-electron chi connectivity index (χ2n) is 15.5. The zero-order chi connectivity index (χ0) is 37.0. The molecule has 0 saturated heterocycles. The van der Waals surface area contributed by atoms with Gasteiger partial charge in [-0.05, 0) is 84.0 Å². The predicted octanol–water partition coefficient (Wildman–Crippen LogP) is 12.0. The smallest absolute Gasteiger partial charge is 0.208 e. The lowest BCUT2D eigenvalue weighted by Gasteiger charge is -2.28.